The molecule has 0 bridgehead atoms. The molecule has 0 unspecified atom stereocenters. The van der Waals surface area contributed by atoms with Crippen molar-refractivity contribution in [3.8, 4) is 5.75 Å². The average Bonchev–Trinajstić information content (AvgIpc) is 2.89. The van der Waals surface area contributed by atoms with E-state index in [1.165, 1.54) is 6.07 Å². The number of carbonyl (C=O) groups is 2. The van der Waals surface area contributed by atoms with Crippen LogP contribution in [0.4, 0.5) is 11.4 Å². The number of amides is 2. The van der Waals surface area contributed by atoms with E-state index in [0.717, 1.165) is 5.56 Å². The molecule has 37 heavy (non-hydrogen) atoms. The molecule has 0 atom stereocenters. The lowest BCUT2D eigenvalue weighted by atomic mass is 10.2. The van der Waals surface area contributed by atoms with Gasteiger partial charge in [0.2, 0.25) is 0 Å². The van der Waals surface area contributed by atoms with E-state index < -0.39 is 0 Å². The van der Waals surface area contributed by atoms with E-state index in [1.54, 1.807) is 60.7 Å². The third-order valence-electron chi connectivity index (χ3n) is 5.15. The third kappa shape index (κ3) is 7.54. The van der Waals surface area contributed by atoms with E-state index in [1.807, 2.05) is 30.3 Å². The zero-order valence-corrected chi connectivity index (χ0v) is 21.7. The fourth-order valence-corrected chi connectivity index (χ4v) is 4.02. The van der Waals surface area contributed by atoms with Gasteiger partial charge in [-0.3, -0.25) is 14.9 Å². The van der Waals surface area contributed by atoms with Crippen LogP contribution in [0.15, 0.2) is 97.1 Å². The van der Waals surface area contributed by atoms with Gasteiger partial charge in [0.25, 0.3) is 11.8 Å². The number of halogens is 2. The van der Waals surface area contributed by atoms with Crippen molar-refractivity contribution in [2.45, 2.75) is 6.61 Å². The minimum absolute atomic E-state index is 0.130. The molecule has 0 saturated carbocycles. The summed E-state index contributed by atoms with van der Waals surface area (Å²) in [5.74, 6) is -0.153. The van der Waals surface area contributed by atoms with Crippen LogP contribution < -0.4 is 20.7 Å². The third-order valence-corrected chi connectivity index (χ3v) is 5.90. The number of nitrogens with one attached hydrogen (secondary N) is 3. The predicted molar refractivity (Wildman–Crippen MR) is 152 cm³/mol. The summed E-state index contributed by atoms with van der Waals surface area (Å²) in [6, 6.07) is 28.1. The Hall–Kier alpha value is -3.91. The quantitative estimate of drug-likeness (QED) is 0.217. The van der Waals surface area contributed by atoms with Gasteiger partial charge in [0.1, 0.15) is 12.4 Å². The van der Waals surface area contributed by atoms with E-state index in [4.69, 9.17) is 40.2 Å². The molecule has 0 aliphatic rings. The predicted octanol–water partition coefficient (Wildman–Crippen LogP) is 6.95. The van der Waals surface area contributed by atoms with Gasteiger partial charge in [-0.2, -0.15) is 0 Å². The molecule has 4 aromatic rings. The molecule has 0 spiro atoms. The summed E-state index contributed by atoms with van der Waals surface area (Å²) in [6.45, 7) is 0.398. The maximum absolute atomic E-state index is 12.7. The number of benzene rings is 4. The van der Waals surface area contributed by atoms with E-state index in [0.29, 0.717) is 39.9 Å². The Kier molecular flexibility index (Phi) is 8.74. The summed E-state index contributed by atoms with van der Waals surface area (Å²) in [7, 11) is 0. The Balaban J connectivity index is 1.29. The first-order chi connectivity index (χ1) is 17.9. The molecule has 9 heteroatoms. The summed E-state index contributed by atoms with van der Waals surface area (Å²) in [5.41, 5.74) is 2.94. The van der Waals surface area contributed by atoms with Gasteiger partial charge in [-0.25, -0.2) is 0 Å². The average molecular weight is 550 g/mol. The van der Waals surface area contributed by atoms with Crippen LogP contribution in [-0.4, -0.2) is 16.9 Å². The van der Waals surface area contributed by atoms with E-state index in [2.05, 4.69) is 16.0 Å². The molecule has 0 aromatic heterocycles. The van der Waals surface area contributed by atoms with Gasteiger partial charge in [-0.05, 0) is 78.4 Å². The van der Waals surface area contributed by atoms with Crippen LogP contribution in [0, 0.1) is 0 Å². The maximum atomic E-state index is 12.7. The molecule has 6 nitrogen and oxygen atoms in total. The minimum atomic E-state index is -0.369. The van der Waals surface area contributed by atoms with E-state index in [-0.39, 0.29) is 21.9 Å². The highest BCUT2D eigenvalue weighted by molar-refractivity contribution is 7.80. The number of anilines is 2. The second-order valence-electron chi connectivity index (χ2n) is 7.87. The summed E-state index contributed by atoms with van der Waals surface area (Å²) in [5, 5.41) is 9.22. The molecule has 0 aliphatic carbocycles. The van der Waals surface area contributed by atoms with Crippen molar-refractivity contribution >= 4 is 63.7 Å². The second-order valence-corrected chi connectivity index (χ2v) is 9.12. The minimum Gasteiger partial charge on any atom is -0.489 e. The van der Waals surface area contributed by atoms with Crippen LogP contribution in [-0.2, 0) is 6.61 Å². The van der Waals surface area contributed by atoms with Crippen LogP contribution >= 0.6 is 35.4 Å². The highest BCUT2D eigenvalue weighted by atomic mass is 35.5. The molecule has 4 rings (SSSR count). The van der Waals surface area contributed by atoms with Crippen molar-refractivity contribution in [1.82, 2.24) is 5.32 Å². The summed E-state index contributed by atoms with van der Waals surface area (Å²) < 4.78 is 5.79. The lowest BCUT2D eigenvalue weighted by molar-refractivity contribution is 0.0976. The van der Waals surface area contributed by atoms with Crippen LogP contribution in [0.5, 0.6) is 5.75 Å². The first-order valence-corrected chi connectivity index (χ1v) is 12.3. The van der Waals surface area contributed by atoms with Gasteiger partial charge in [0.15, 0.2) is 5.11 Å². The molecular weight excluding hydrogens is 529 g/mol. The first kappa shape index (κ1) is 26.2. The van der Waals surface area contributed by atoms with Gasteiger partial charge < -0.3 is 15.4 Å². The fourth-order valence-electron chi connectivity index (χ4n) is 3.31. The van der Waals surface area contributed by atoms with Crippen LogP contribution in [0.1, 0.15) is 26.3 Å². The molecule has 0 fully saturated rings. The Bertz CT molecular complexity index is 1430. The Morgan fingerprint density at radius 2 is 1.46 bits per heavy atom. The molecule has 0 aliphatic heterocycles. The molecular formula is C28H21Cl2N3O3S. The number of hydrogen-bond donors (Lipinski definition) is 3. The van der Waals surface area contributed by atoms with Crippen molar-refractivity contribution in [3.63, 3.8) is 0 Å². The Morgan fingerprint density at radius 3 is 2.16 bits per heavy atom. The van der Waals surface area contributed by atoms with Crippen molar-refractivity contribution in [3.05, 3.63) is 124 Å². The molecule has 3 N–H and O–H groups in total. The number of ether oxygens (including phenoxy) is 1. The number of rotatable bonds is 7. The van der Waals surface area contributed by atoms with Crippen LogP contribution in [0.25, 0.3) is 0 Å². The normalized spacial score (nSPS) is 10.3. The summed E-state index contributed by atoms with van der Waals surface area (Å²) in [6.07, 6.45) is 0. The second kappa shape index (κ2) is 12.4. The lowest BCUT2D eigenvalue weighted by Gasteiger charge is -2.12. The monoisotopic (exact) mass is 549 g/mol. The van der Waals surface area contributed by atoms with Crippen molar-refractivity contribution in [2.75, 3.05) is 10.6 Å². The largest absolute Gasteiger partial charge is 0.489 e. The lowest BCUT2D eigenvalue weighted by Crippen LogP contribution is -2.34. The van der Waals surface area contributed by atoms with Crippen molar-refractivity contribution in [1.29, 1.82) is 0 Å². The van der Waals surface area contributed by atoms with Crippen molar-refractivity contribution in [2.24, 2.45) is 0 Å². The topological polar surface area (TPSA) is 79.5 Å². The van der Waals surface area contributed by atoms with Crippen molar-refractivity contribution < 1.29 is 14.3 Å². The highest BCUT2D eigenvalue weighted by Crippen LogP contribution is 2.23. The zero-order chi connectivity index (χ0) is 26.2. The standard InChI is InChI=1S/C28H21Cl2N3O3S/c29-20-9-14-24(25(30)16-20)27(35)31-21-10-12-22(13-11-21)32-28(37)33-26(34)19-7-4-8-23(15-19)36-17-18-5-2-1-3-6-18/h1-16H,17H2,(H,31,35)(H2,32,33,34,37). The first-order valence-electron chi connectivity index (χ1n) is 11.1. The Morgan fingerprint density at radius 1 is 0.757 bits per heavy atom. The number of thiocarbonyl (C=S) groups is 1. The van der Waals surface area contributed by atoms with E-state index >= 15 is 0 Å². The van der Waals surface area contributed by atoms with Crippen LogP contribution in [0.3, 0.4) is 0 Å². The highest BCUT2D eigenvalue weighted by Gasteiger charge is 2.12. The molecule has 4 aromatic carbocycles. The van der Waals surface area contributed by atoms with Gasteiger partial charge in [0, 0.05) is 22.0 Å². The van der Waals surface area contributed by atoms with Gasteiger partial charge in [0.05, 0.1) is 10.6 Å². The molecule has 0 heterocycles. The smallest absolute Gasteiger partial charge is 0.257 e. The molecule has 0 saturated heterocycles. The van der Waals surface area contributed by atoms with Gasteiger partial charge in [-0.15, -0.1) is 0 Å². The fraction of sp³-hybridized carbons (Fsp3) is 0.0357. The van der Waals surface area contributed by atoms with Gasteiger partial charge >= 0.3 is 0 Å². The number of carbonyl (C=O) groups excluding carboxylic acids is 2. The summed E-state index contributed by atoms with van der Waals surface area (Å²) in [4.78, 5) is 25.1. The summed E-state index contributed by atoms with van der Waals surface area (Å²) >= 11 is 17.3. The Labute approximate surface area is 229 Å². The zero-order valence-electron chi connectivity index (χ0n) is 19.3. The maximum Gasteiger partial charge on any atom is 0.257 e. The molecule has 2 amide bonds. The molecule has 0 radical (unpaired) electrons. The molecule has 186 valence electrons. The van der Waals surface area contributed by atoms with Gasteiger partial charge in [-0.1, -0.05) is 59.6 Å². The van der Waals surface area contributed by atoms with Crippen LogP contribution in [0.2, 0.25) is 10.0 Å². The SMILES string of the molecule is O=C(NC(=S)Nc1ccc(NC(=O)c2ccc(Cl)cc2Cl)cc1)c1cccc(OCc2ccccc2)c1. The number of hydrogen-bond acceptors (Lipinski definition) is 4. The van der Waals surface area contributed by atoms with E-state index in [9.17, 15) is 9.59 Å².